The van der Waals surface area contributed by atoms with Crippen LogP contribution in [0.5, 0.6) is 5.75 Å². The number of esters is 1. The number of ether oxygens (including phenoxy) is 3. The molecule has 11 heteroatoms. The van der Waals surface area contributed by atoms with Gasteiger partial charge in [0.25, 0.3) is 0 Å². The Bertz CT molecular complexity index is 1050. The lowest BCUT2D eigenvalue weighted by atomic mass is 9.91. The Morgan fingerprint density at radius 1 is 1.14 bits per heavy atom. The molecule has 2 heterocycles. The summed E-state index contributed by atoms with van der Waals surface area (Å²) in [6, 6.07) is 5.87. The minimum atomic E-state index is -4.60. The minimum Gasteiger partial charge on any atom is -0.490 e. The van der Waals surface area contributed by atoms with Gasteiger partial charge in [-0.3, -0.25) is 9.80 Å². The molecular formula is C26H34F3N3O5. The largest absolute Gasteiger partial charge is 0.490 e. The van der Waals surface area contributed by atoms with Crippen molar-refractivity contribution in [1.82, 2.24) is 4.90 Å². The van der Waals surface area contributed by atoms with E-state index in [4.69, 9.17) is 14.2 Å². The van der Waals surface area contributed by atoms with Gasteiger partial charge in [-0.25, -0.2) is 4.79 Å². The molecule has 1 aromatic carbocycles. The highest BCUT2D eigenvalue weighted by Crippen LogP contribution is 2.53. The van der Waals surface area contributed by atoms with Crippen molar-refractivity contribution >= 4 is 23.5 Å². The number of alkyl halides is 3. The first-order valence-corrected chi connectivity index (χ1v) is 12.5. The topological polar surface area (TPSA) is 80.7 Å². The number of piperidine rings is 1. The first kappa shape index (κ1) is 27.1. The molecule has 1 saturated carbocycles. The monoisotopic (exact) mass is 525 g/mol. The molecule has 1 spiro atoms. The average molecular weight is 526 g/mol. The number of halogens is 3. The number of hydrogen-bond donors (Lipinski definition) is 0. The van der Waals surface area contributed by atoms with Crippen LogP contribution in [0.15, 0.2) is 29.4 Å². The molecule has 1 aliphatic carbocycles. The van der Waals surface area contributed by atoms with Crippen molar-refractivity contribution in [2.24, 2.45) is 16.4 Å². The van der Waals surface area contributed by atoms with Crippen LogP contribution in [-0.4, -0.2) is 66.8 Å². The molecule has 204 valence electrons. The van der Waals surface area contributed by atoms with Gasteiger partial charge in [0.05, 0.1) is 25.3 Å². The van der Waals surface area contributed by atoms with Gasteiger partial charge in [0.15, 0.2) is 0 Å². The maximum Gasteiger partial charge on any atom is 0.431 e. The summed E-state index contributed by atoms with van der Waals surface area (Å²) in [5, 5.41) is 5.08. The Morgan fingerprint density at radius 2 is 1.78 bits per heavy atom. The number of methoxy groups -OCH3 is 1. The van der Waals surface area contributed by atoms with Crippen LogP contribution in [-0.2, 0) is 14.3 Å². The van der Waals surface area contributed by atoms with Crippen molar-refractivity contribution in [2.75, 3.05) is 25.2 Å². The molecule has 0 aromatic heterocycles. The zero-order chi connectivity index (χ0) is 27.2. The molecule has 1 saturated heterocycles. The predicted molar refractivity (Wildman–Crippen MR) is 131 cm³/mol. The first-order valence-electron chi connectivity index (χ1n) is 12.5. The van der Waals surface area contributed by atoms with Gasteiger partial charge in [-0.15, -0.1) is 0 Å². The summed E-state index contributed by atoms with van der Waals surface area (Å²) >= 11 is 0. The van der Waals surface area contributed by atoms with E-state index < -0.39 is 35.4 Å². The molecule has 4 rings (SSSR count). The van der Waals surface area contributed by atoms with Crippen LogP contribution >= 0.6 is 0 Å². The van der Waals surface area contributed by atoms with Crippen LogP contribution in [0.1, 0.15) is 53.4 Å². The number of benzene rings is 1. The Hall–Kier alpha value is -2.98. The lowest BCUT2D eigenvalue weighted by Gasteiger charge is -2.39. The van der Waals surface area contributed by atoms with E-state index in [0.717, 1.165) is 12.8 Å². The van der Waals surface area contributed by atoms with E-state index in [1.165, 1.54) is 19.0 Å². The maximum atomic E-state index is 13.5. The lowest BCUT2D eigenvalue weighted by molar-refractivity contribution is -0.141. The van der Waals surface area contributed by atoms with Crippen molar-refractivity contribution in [2.45, 2.75) is 77.3 Å². The lowest BCUT2D eigenvalue weighted by Crippen LogP contribution is -2.50. The number of carbonyl (C=O) groups is 2. The molecule has 1 aromatic rings. The van der Waals surface area contributed by atoms with Crippen LogP contribution in [0, 0.1) is 11.3 Å². The van der Waals surface area contributed by atoms with Crippen molar-refractivity contribution in [3.8, 4) is 5.75 Å². The SMILES string of the molecule is COC(=O)C[C@H]1[C@H](C)C(C(F)(F)F)=NN1c1ccc(OC2CCN(C(=O)OC(C)(C)C)CC23CC3)cc1. The fraction of sp³-hybridized carbons (Fsp3) is 0.654. The van der Waals surface area contributed by atoms with Gasteiger partial charge in [0.2, 0.25) is 0 Å². The highest BCUT2D eigenvalue weighted by Gasteiger charge is 2.55. The second kappa shape index (κ2) is 9.72. The molecule has 0 N–H and O–H groups in total. The summed E-state index contributed by atoms with van der Waals surface area (Å²) in [7, 11) is 1.20. The van der Waals surface area contributed by atoms with Crippen molar-refractivity contribution < 1.29 is 37.0 Å². The molecule has 8 nitrogen and oxygen atoms in total. The van der Waals surface area contributed by atoms with E-state index in [-0.39, 0.29) is 24.0 Å². The number of hydrogen-bond acceptors (Lipinski definition) is 7. The number of likely N-dealkylation sites (tertiary alicyclic amines) is 1. The number of hydrazone groups is 1. The van der Waals surface area contributed by atoms with E-state index in [9.17, 15) is 22.8 Å². The third-order valence-electron chi connectivity index (χ3n) is 7.21. The number of amides is 1. The van der Waals surface area contributed by atoms with Gasteiger partial charge in [0, 0.05) is 30.8 Å². The molecule has 2 aliphatic heterocycles. The van der Waals surface area contributed by atoms with E-state index in [2.05, 4.69) is 5.10 Å². The molecule has 2 fully saturated rings. The summed E-state index contributed by atoms with van der Waals surface area (Å²) in [5.74, 6) is -1.02. The van der Waals surface area contributed by atoms with Gasteiger partial charge < -0.3 is 19.1 Å². The molecular weight excluding hydrogens is 491 g/mol. The Kier molecular flexibility index (Phi) is 7.11. The minimum absolute atomic E-state index is 0.0780. The molecule has 1 amide bonds. The smallest absolute Gasteiger partial charge is 0.431 e. The van der Waals surface area contributed by atoms with Crippen molar-refractivity contribution in [3.05, 3.63) is 24.3 Å². The van der Waals surface area contributed by atoms with Gasteiger partial charge in [-0.2, -0.15) is 18.3 Å². The first-order chi connectivity index (χ1) is 17.2. The van der Waals surface area contributed by atoms with Crippen molar-refractivity contribution in [1.29, 1.82) is 0 Å². The zero-order valence-electron chi connectivity index (χ0n) is 21.8. The van der Waals surface area contributed by atoms with Gasteiger partial charge >= 0.3 is 18.2 Å². The molecule has 3 aliphatic rings. The van der Waals surface area contributed by atoms with E-state index in [0.29, 0.717) is 30.9 Å². The number of nitrogens with zero attached hydrogens (tertiary/aromatic N) is 3. The summed E-state index contributed by atoms with van der Waals surface area (Å²) in [6.07, 6.45) is -2.66. The Morgan fingerprint density at radius 3 is 2.32 bits per heavy atom. The van der Waals surface area contributed by atoms with E-state index >= 15 is 0 Å². The molecule has 0 radical (unpaired) electrons. The third-order valence-corrected chi connectivity index (χ3v) is 7.21. The highest BCUT2D eigenvalue weighted by atomic mass is 19.4. The van der Waals surface area contributed by atoms with Gasteiger partial charge in [-0.05, 0) is 57.9 Å². The van der Waals surface area contributed by atoms with E-state index in [1.54, 1.807) is 29.2 Å². The quantitative estimate of drug-likeness (QED) is 0.494. The maximum absolute atomic E-state index is 13.5. The Balaban J connectivity index is 1.45. The van der Waals surface area contributed by atoms with Crippen LogP contribution in [0.2, 0.25) is 0 Å². The summed E-state index contributed by atoms with van der Waals surface area (Å²) < 4.78 is 57.1. The summed E-state index contributed by atoms with van der Waals surface area (Å²) in [5.41, 5.74) is -1.17. The number of anilines is 1. The molecule has 3 atom stereocenters. The van der Waals surface area contributed by atoms with Crippen LogP contribution in [0.3, 0.4) is 0 Å². The highest BCUT2D eigenvalue weighted by molar-refractivity contribution is 5.96. The van der Waals surface area contributed by atoms with Crippen LogP contribution < -0.4 is 9.75 Å². The normalized spacial score (nSPS) is 25.1. The molecule has 1 unspecified atom stereocenters. The summed E-state index contributed by atoms with van der Waals surface area (Å²) in [4.78, 5) is 26.2. The molecule has 0 bridgehead atoms. The third kappa shape index (κ3) is 5.96. The number of carbonyl (C=O) groups excluding carboxylic acids is 2. The van der Waals surface area contributed by atoms with Crippen molar-refractivity contribution in [3.63, 3.8) is 0 Å². The van der Waals surface area contributed by atoms with Gasteiger partial charge in [0.1, 0.15) is 23.2 Å². The predicted octanol–water partition coefficient (Wildman–Crippen LogP) is 5.16. The second-order valence-corrected chi connectivity index (χ2v) is 11.1. The zero-order valence-corrected chi connectivity index (χ0v) is 21.8. The fourth-order valence-corrected chi connectivity index (χ4v) is 5.05. The average Bonchev–Trinajstić information content (AvgIpc) is 3.49. The standard InChI is InChI=1S/C26H34F3N3O5/c1-16-19(14-21(33)35-5)32(30-22(16)26(27,28)29)17-6-8-18(9-7-17)36-20-10-13-31(15-25(20)11-12-25)23(34)37-24(2,3)4/h6-9,16,19-20H,10-15H2,1-5H3/t16-,19-,20?/m0/s1. The van der Waals surface area contributed by atoms with Crippen LogP contribution in [0.4, 0.5) is 23.7 Å². The summed E-state index contributed by atoms with van der Waals surface area (Å²) in [6.45, 7) is 8.03. The Labute approximate surface area is 214 Å². The fourth-order valence-electron chi connectivity index (χ4n) is 5.05. The second-order valence-electron chi connectivity index (χ2n) is 11.1. The molecule has 37 heavy (non-hydrogen) atoms. The van der Waals surface area contributed by atoms with Crippen LogP contribution in [0.25, 0.3) is 0 Å². The van der Waals surface area contributed by atoms with Gasteiger partial charge in [-0.1, -0.05) is 6.92 Å². The van der Waals surface area contributed by atoms with E-state index in [1.807, 2.05) is 20.8 Å². The number of rotatable bonds is 5.